The van der Waals surface area contributed by atoms with Crippen molar-refractivity contribution in [3.63, 3.8) is 0 Å². The molecule has 1 saturated carbocycles. The summed E-state index contributed by atoms with van der Waals surface area (Å²) < 4.78 is 18.8. The Kier molecular flexibility index (Phi) is 5.03. The number of methoxy groups -OCH3 is 1. The van der Waals surface area contributed by atoms with Gasteiger partial charge in [0.15, 0.2) is 11.6 Å². The Hall–Kier alpha value is -1.09. The van der Waals surface area contributed by atoms with Crippen molar-refractivity contribution in [2.24, 2.45) is 11.3 Å². The quantitative estimate of drug-likeness (QED) is 0.731. The average molecular weight is 279 g/mol. The molecule has 0 saturated heterocycles. The lowest BCUT2D eigenvalue weighted by Crippen LogP contribution is -2.36. The topological polar surface area (TPSA) is 21.3 Å². The third-order valence-corrected chi connectivity index (χ3v) is 4.34. The van der Waals surface area contributed by atoms with Gasteiger partial charge in [0.05, 0.1) is 7.11 Å². The molecule has 0 bridgehead atoms. The Labute approximate surface area is 121 Å². The van der Waals surface area contributed by atoms with Crippen LogP contribution in [-0.2, 0) is 6.42 Å². The van der Waals surface area contributed by atoms with E-state index in [1.54, 1.807) is 12.1 Å². The molecule has 0 aromatic heterocycles. The fourth-order valence-corrected chi connectivity index (χ4v) is 2.97. The van der Waals surface area contributed by atoms with E-state index < -0.39 is 0 Å². The Balaban J connectivity index is 2.05. The maximum atomic E-state index is 13.8. The summed E-state index contributed by atoms with van der Waals surface area (Å²) in [6.45, 7) is 6.58. The smallest absolute Gasteiger partial charge is 0.165 e. The summed E-state index contributed by atoms with van der Waals surface area (Å²) >= 11 is 0. The molecule has 1 aromatic rings. The van der Waals surface area contributed by atoms with Crippen LogP contribution in [0.15, 0.2) is 18.2 Å². The highest BCUT2D eigenvalue weighted by atomic mass is 19.1. The molecule has 112 valence electrons. The van der Waals surface area contributed by atoms with Crippen molar-refractivity contribution < 1.29 is 9.13 Å². The largest absolute Gasteiger partial charge is 0.494 e. The van der Waals surface area contributed by atoms with Crippen molar-refractivity contribution >= 4 is 0 Å². The van der Waals surface area contributed by atoms with Gasteiger partial charge in [-0.05, 0) is 61.3 Å². The van der Waals surface area contributed by atoms with E-state index in [1.807, 2.05) is 6.07 Å². The predicted octanol–water partition coefficient (Wildman–Crippen LogP) is 3.79. The molecule has 0 radical (unpaired) electrons. The summed E-state index contributed by atoms with van der Waals surface area (Å²) in [5, 5.41) is 3.54. The highest BCUT2D eigenvalue weighted by molar-refractivity contribution is 5.30. The minimum Gasteiger partial charge on any atom is -0.494 e. The van der Waals surface area contributed by atoms with Gasteiger partial charge in [-0.15, -0.1) is 0 Å². The van der Waals surface area contributed by atoms with Crippen LogP contribution in [-0.4, -0.2) is 20.2 Å². The fraction of sp³-hybridized carbons (Fsp3) is 0.647. The van der Waals surface area contributed by atoms with Crippen LogP contribution < -0.4 is 10.1 Å². The summed E-state index contributed by atoms with van der Waals surface area (Å²) in [4.78, 5) is 0. The lowest BCUT2D eigenvalue weighted by molar-refractivity contribution is 0.256. The molecule has 0 spiro atoms. The Morgan fingerprint density at radius 3 is 2.70 bits per heavy atom. The minimum atomic E-state index is -0.260. The van der Waals surface area contributed by atoms with E-state index in [1.165, 1.54) is 20.0 Å². The van der Waals surface area contributed by atoms with Crippen molar-refractivity contribution in [2.75, 3.05) is 20.2 Å². The van der Waals surface area contributed by atoms with Crippen molar-refractivity contribution in [2.45, 2.75) is 39.5 Å². The molecule has 0 aliphatic heterocycles. The van der Waals surface area contributed by atoms with Crippen LogP contribution in [0.5, 0.6) is 5.75 Å². The first-order valence-corrected chi connectivity index (χ1v) is 7.62. The molecule has 1 unspecified atom stereocenters. The van der Waals surface area contributed by atoms with E-state index in [-0.39, 0.29) is 11.2 Å². The van der Waals surface area contributed by atoms with Crippen LogP contribution in [0, 0.1) is 17.2 Å². The van der Waals surface area contributed by atoms with Crippen LogP contribution in [0.25, 0.3) is 0 Å². The van der Waals surface area contributed by atoms with Crippen LogP contribution in [0.4, 0.5) is 4.39 Å². The highest BCUT2D eigenvalue weighted by Gasteiger charge is 2.41. The Bertz CT molecular complexity index is 445. The number of hydrogen-bond donors (Lipinski definition) is 1. The van der Waals surface area contributed by atoms with E-state index in [0.29, 0.717) is 5.75 Å². The van der Waals surface area contributed by atoms with Gasteiger partial charge in [-0.3, -0.25) is 0 Å². The Morgan fingerprint density at radius 2 is 2.15 bits per heavy atom. The van der Waals surface area contributed by atoms with Gasteiger partial charge in [-0.2, -0.15) is 0 Å². The summed E-state index contributed by atoms with van der Waals surface area (Å²) in [7, 11) is 1.50. The van der Waals surface area contributed by atoms with E-state index in [9.17, 15) is 4.39 Å². The molecule has 1 fully saturated rings. The van der Waals surface area contributed by atoms with Crippen molar-refractivity contribution in [3.8, 4) is 5.75 Å². The van der Waals surface area contributed by atoms with Crippen LogP contribution in [0.3, 0.4) is 0 Å². The molecule has 1 aliphatic rings. The number of nitrogens with one attached hydrogen (secondary N) is 1. The van der Waals surface area contributed by atoms with Gasteiger partial charge in [-0.1, -0.05) is 19.9 Å². The molecule has 2 rings (SSSR count). The second-order valence-electron chi connectivity index (χ2n) is 6.25. The van der Waals surface area contributed by atoms with E-state index in [0.717, 1.165) is 37.4 Å². The van der Waals surface area contributed by atoms with Gasteiger partial charge < -0.3 is 10.1 Å². The van der Waals surface area contributed by atoms with Gasteiger partial charge in [0.2, 0.25) is 0 Å². The normalized spacial score (nSPS) is 17.8. The van der Waals surface area contributed by atoms with Gasteiger partial charge in [0.1, 0.15) is 0 Å². The third kappa shape index (κ3) is 3.72. The van der Waals surface area contributed by atoms with Gasteiger partial charge in [0, 0.05) is 6.54 Å². The molecular weight excluding hydrogens is 253 g/mol. The number of benzene rings is 1. The maximum absolute atomic E-state index is 13.8. The maximum Gasteiger partial charge on any atom is 0.165 e. The first kappa shape index (κ1) is 15.3. The number of ether oxygens (including phenoxy) is 1. The molecule has 1 atom stereocenters. The van der Waals surface area contributed by atoms with E-state index in [2.05, 4.69) is 19.2 Å². The predicted molar refractivity (Wildman–Crippen MR) is 80.6 cm³/mol. The number of halogens is 1. The van der Waals surface area contributed by atoms with Crippen molar-refractivity contribution in [1.29, 1.82) is 0 Å². The monoisotopic (exact) mass is 279 g/mol. The zero-order valence-electron chi connectivity index (χ0n) is 12.8. The SMILES string of the molecule is CCCNCC(C)(Cc1ccc(OC)c(F)c1)C1CC1. The van der Waals surface area contributed by atoms with E-state index in [4.69, 9.17) is 4.74 Å². The fourth-order valence-electron chi connectivity index (χ4n) is 2.97. The lowest BCUT2D eigenvalue weighted by Gasteiger charge is -2.30. The van der Waals surface area contributed by atoms with Gasteiger partial charge in [-0.25, -0.2) is 4.39 Å². The Morgan fingerprint density at radius 1 is 1.40 bits per heavy atom. The first-order valence-electron chi connectivity index (χ1n) is 7.62. The molecule has 0 heterocycles. The summed E-state index contributed by atoms with van der Waals surface area (Å²) in [6, 6.07) is 5.35. The molecule has 1 aliphatic carbocycles. The van der Waals surface area contributed by atoms with E-state index >= 15 is 0 Å². The molecule has 2 nitrogen and oxygen atoms in total. The van der Waals surface area contributed by atoms with Crippen LogP contribution in [0.1, 0.15) is 38.7 Å². The molecule has 0 amide bonds. The summed E-state index contributed by atoms with van der Waals surface area (Å²) in [5.74, 6) is 0.840. The van der Waals surface area contributed by atoms with Crippen LogP contribution in [0.2, 0.25) is 0 Å². The van der Waals surface area contributed by atoms with Gasteiger partial charge >= 0.3 is 0 Å². The van der Waals surface area contributed by atoms with Crippen molar-refractivity contribution in [3.05, 3.63) is 29.6 Å². The molecule has 1 N–H and O–H groups in total. The summed E-state index contributed by atoms with van der Waals surface area (Å²) in [6.07, 6.45) is 4.69. The number of rotatable bonds is 8. The molecule has 20 heavy (non-hydrogen) atoms. The zero-order chi connectivity index (χ0) is 14.6. The lowest BCUT2D eigenvalue weighted by atomic mass is 9.78. The molecule has 1 aromatic carbocycles. The van der Waals surface area contributed by atoms with Crippen LogP contribution >= 0.6 is 0 Å². The standard InChI is InChI=1S/C17H26FNO/c1-4-9-19-12-17(2,14-6-7-14)11-13-5-8-16(20-3)15(18)10-13/h5,8,10,14,19H,4,6-7,9,11-12H2,1-3H3. The second-order valence-corrected chi connectivity index (χ2v) is 6.25. The summed E-state index contributed by atoms with van der Waals surface area (Å²) in [5.41, 5.74) is 1.30. The molecular formula is C17H26FNO. The number of hydrogen-bond acceptors (Lipinski definition) is 2. The first-order chi connectivity index (χ1) is 9.59. The third-order valence-electron chi connectivity index (χ3n) is 4.34. The average Bonchev–Trinajstić information content (AvgIpc) is 3.24. The van der Waals surface area contributed by atoms with Gasteiger partial charge in [0.25, 0.3) is 0 Å². The highest BCUT2D eigenvalue weighted by Crippen LogP contribution is 2.47. The molecule has 3 heteroatoms. The minimum absolute atomic E-state index is 0.232. The zero-order valence-corrected chi connectivity index (χ0v) is 12.8. The van der Waals surface area contributed by atoms with Crippen molar-refractivity contribution in [1.82, 2.24) is 5.32 Å². The second kappa shape index (κ2) is 6.57.